The Bertz CT molecular complexity index is 1400. The van der Waals surface area contributed by atoms with Crippen molar-refractivity contribution < 1.29 is 34.0 Å². The van der Waals surface area contributed by atoms with Gasteiger partial charge in [-0.15, -0.1) is 0 Å². The van der Waals surface area contributed by atoms with Crippen LogP contribution in [0.15, 0.2) is 70.7 Å². The molecule has 9 heteroatoms. The molecule has 3 aromatic rings. The summed E-state index contributed by atoms with van der Waals surface area (Å²) < 4.78 is 16.6. The number of halogens is 1. The zero-order chi connectivity index (χ0) is 28.1. The average molecular weight is 596 g/mol. The predicted molar refractivity (Wildman–Crippen MR) is 150 cm³/mol. The number of ketones is 1. The molecule has 1 unspecified atom stereocenters. The number of hydrogen-bond donors (Lipinski definition) is 2. The lowest BCUT2D eigenvalue weighted by molar-refractivity contribution is -0.140. The highest BCUT2D eigenvalue weighted by atomic mass is 79.9. The normalized spacial score (nSPS) is 16.5. The summed E-state index contributed by atoms with van der Waals surface area (Å²) in [5.41, 5.74) is 2.98. The maximum atomic E-state index is 13.2. The van der Waals surface area contributed by atoms with E-state index in [0.29, 0.717) is 41.0 Å². The van der Waals surface area contributed by atoms with E-state index in [-0.39, 0.29) is 29.4 Å². The van der Waals surface area contributed by atoms with Crippen molar-refractivity contribution in [3.8, 4) is 17.2 Å². The van der Waals surface area contributed by atoms with Crippen LogP contribution in [0.5, 0.6) is 17.2 Å². The molecule has 0 aliphatic carbocycles. The number of methoxy groups -OCH3 is 2. The summed E-state index contributed by atoms with van der Waals surface area (Å²) in [5.74, 6) is -1.18. The van der Waals surface area contributed by atoms with Crippen LogP contribution >= 0.6 is 15.9 Å². The van der Waals surface area contributed by atoms with Gasteiger partial charge in [0.2, 0.25) is 0 Å². The van der Waals surface area contributed by atoms with Crippen molar-refractivity contribution in [3.63, 3.8) is 0 Å². The summed E-state index contributed by atoms with van der Waals surface area (Å²) in [5, 5.41) is 21.6. The van der Waals surface area contributed by atoms with Gasteiger partial charge in [0, 0.05) is 25.8 Å². The fourth-order valence-corrected chi connectivity index (χ4v) is 5.04. The van der Waals surface area contributed by atoms with Crippen molar-refractivity contribution in [2.45, 2.75) is 26.0 Å². The third-order valence-electron chi connectivity index (χ3n) is 6.49. The molecule has 0 spiro atoms. The van der Waals surface area contributed by atoms with Crippen LogP contribution in [0.4, 0.5) is 0 Å². The minimum absolute atomic E-state index is 0.0505. The molecule has 0 bridgehead atoms. The third kappa shape index (κ3) is 6.10. The molecular formula is C30H30BrNO7. The summed E-state index contributed by atoms with van der Waals surface area (Å²) in [7, 11) is 2.96. The van der Waals surface area contributed by atoms with Crippen molar-refractivity contribution >= 4 is 33.4 Å². The number of phenols is 1. The number of hydrogen-bond acceptors (Lipinski definition) is 7. The minimum atomic E-state index is -0.898. The van der Waals surface area contributed by atoms with Gasteiger partial charge in [0.1, 0.15) is 18.1 Å². The molecule has 1 saturated heterocycles. The Hall–Kier alpha value is -3.82. The lowest BCUT2D eigenvalue weighted by Crippen LogP contribution is -2.31. The molecule has 2 N–H and O–H groups in total. The highest BCUT2D eigenvalue weighted by molar-refractivity contribution is 9.10. The highest BCUT2D eigenvalue weighted by Crippen LogP contribution is 2.44. The van der Waals surface area contributed by atoms with E-state index in [2.05, 4.69) is 15.9 Å². The molecule has 0 aromatic heterocycles. The second-order valence-electron chi connectivity index (χ2n) is 9.19. The second-order valence-corrected chi connectivity index (χ2v) is 10.0. The van der Waals surface area contributed by atoms with Crippen LogP contribution in [-0.4, -0.2) is 54.2 Å². The van der Waals surface area contributed by atoms with E-state index in [1.165, 1.54) is 12.0 Å². The number of phenolic OH excluding ortho intramolecular Hbond substituents is 1. The Morgan fingerprint density at radius 3 is 2.46 bits per heavy atom. The van der Waals surface area contributed by atoms with Crippen molar-refractivity contribution in [1.29, 1.82) is 0 Å². The molecule has 4 rings (SSSR count). The Kier molecular flexibility index (Phi) is 8.93. The topological polar surface area (TPSA) is 106 Å². The van der Waals surface area contributed by atoms with E-state index in [9.17, 15) is 19.8 Å². The van der Waals surface area contributed by atoms with Crippen molar-refractivity contribution in [2.75, 3.05) is 27.4 Å². The monoisotopic (exact) mass is 595 g/mol. The number of ether oxygens (including phenoxy) is 3. The first-order valence-electron chi connectivity index (χ1n) is 12.4. The molecule has 0 radical (unpaired) electrons. The van der Waals surface area contributed by atoms with Gasteiger partial charge in [0.05, 0.1) is 23.2 Å². The number of likely N-dealkylation sites (tertiary alicyclic amines) is 1. The Labute approximate surface area is 235 Å². The van der Waals surface area contributed by atoms with Gasteiger partial charge < -0.3 is 29.3 Å². The number of aliphatic hydroxyl groups is 1. The minimum Gasteiger partial charge on any atom is -0.507 e. The number of aromatic hydroxyl groups is 1. The molecule has 1 aliphatic heterocycles. The molecule has 0 saturated carbocycles. The van der Waals surface area contributed by atoms with Crippen LogP contribution in [0.2, 0.25) is 0 Å². The Morgan fingerprint density at radius 1 is 1.05 bits per heavy atom. The smallest absolute Gasteiger partial charge is 0.295 e. The maximum absolute atomic E-state index is 13.2. The van der Waals surface area contributed by atoms with Crippen LogP contribution in [-0.2, 0) is 20.9 Å². The van der Waals surface area contributed by atoms with E-state index in [0.717, 1.165) is 11.1 Å². The lowest BCUT2D eigenvalue weighted by Gasteiger charge is -2.26. The third-order valence-corrected chi connectivity index (χ3v) is 7.09. The Morgan fingerprint density at radius 2 is 1.79 bits per heavy atom. The van der Waals surface area contributed by atoms with E-state index in [1.807, 2.05) is 31.2 Å². The molecule has 1 atom stereocenters. The van der Waals surface area contributed by atoms with Crippen LogP contribution < -0.4 is 9.47 Å². The molecule has 1 aliphatic rings. The number of benzene rings is 3. The van der Waals surface area contributed by atoms with Gasteiger partial charge in [-0.3, -0.25) is 9.59 Å². The van der Waals surface area contributed by atoms with Gasteiger partial charge >= 0.3 is 0 Å². The first-order valence-corrected chi connectivity index (χ1v) is 13.2. The number of aliphatic hydroxyl groups excluding tert-OH is 1. The molecule has 3 aromatic carbocycles. The summed E-state index contributed by atoms with van der Waals surface area (Å²) in [6, 6.07) is 17.0. The first kappa shape index (κ1) is 28.2. The van der Waals surface area contributed by atoms with E-state index in [4.69, 9.17) is 14.2 Å². The fraction of sp³-hybridized carbons (Fsp3) is 0.267. The van der Waals surface area contributed by atoms with Gasteiger partial charge in [-0.05, 0) is 76.8 Å². The van der Waals surface area contributed by atoms with Gasteiger partial charge in [-0.25, -0.2) is 0 Å². The zero-order valence-electron chi connectivity index (χ0n) is 21.9. The molecule has 1 fully saturated rings. The fourth-order valence-electron chi connectivity index (χ4n) is 4.58. The zero-order valence-corrected chi connectivity index (χ0v) is 23.5. The molecule has 1 amide bonds. The quantitative estimate of drug-likeness (QED) is 0.138. The number of carbonyl (C=O) groups is 2. The molecular weight excluding hydrogens is 566 g/mol. The largest absolute Gasteiger partial charge is 0.507 e. The number of rotatable bonds is 10. The number of amides is 1. The van der Waals surface area contributed by atoms with Gasteiger partial charge in [-0.2, -0.15) is 0 Å². The van der Waals surface area contributed by atoms with Crippen molar-refractivity contribution in [3.05, 3.63) is 93.0 Å². The average Bonchev–Trinajstić information content (AvgIpc) is 3.18. The van der Waals surface area contributed by atoms with E-state index >= 15 is 0 Å². The number of nitrogens with zero attached hydrogens (tertiary/aromatic N) is 1. The summed E-state index contributed by atoms with van der Waals surface area (Å²) in [6.45, 7) is 3.02. The maximum Gasteiger partial charge on any atom is 0.295 e. The van der Waals surface area contributed by atoms with Crippen LogP contribution in [0.25, 0.3) is 5.76 Å². The second kappa shape index (κ2) is 12.4. The predicted octanol–water partition coefficient (Wildman–Crippen LogP) is 5.51. The first-order chi connectivity index (χ1) is 18.7. The van der Waals surface area contributed by atoms with Crippen LogP contribution in [0.3, 0.4) is 0 Å². The number of aryl methyl sites for hydroxylation is 1. The van der Waals surface area contributed by atoms with Crippen LogP contribution in [0.1, 0.15) is 34.7 Å². The summed E-state index contributed by atoms with van der Waals surface area (Å²) in [6.07, 6.45) is 0.490. The van der Waals surface area contributed by atoms with Gasteiger partial charge in [0.25, 0.3) is 11.7 Å². The molecule has 8 nitrogen and oxygen atoms in total. The standard InChI is InChI=1S/C30H30BrNO7/c1-18-6-4-7-19(14-18)17-39-22-10-8-20(9-11-22)27(33)25-26(21-15-23(31)28(34)24(16-21)38-3)32(12-5-13-37-2)30(36)29(25)35/h4,6-11,14-16,26,33-34H,5,12-13,17H2,1-3H3/b27-25+. The summed E-state index contributed by atoms with van der Waals surface area (Å²) in [4.78, 5) is 27.8. The van der Waals surface area contributed by atoms with Gasteiger partial charge in [-0.1, -0.05) is 29.8 Å². The molecule has 204 valence electrons. The lowest BCUT2D eigenvalue weighted by atomic mass is 9.95. The number of carbonyl (C=O) groups excluding carboxylic acids is 2. The SMILES string of the molecule is COCCCN1C(=O)C(=O)/C(=C(/O)c2ccc(OCc3cccc(C)c3)cc2)C1c1cc(Br)c(O)c(OC)c1. The highest BCUT2D eigenvalue weighted by Gasteiger charge is 2.46. The van der Waals surface area contributed by atoms with Gasteiger partial charge in [0.15, 0.2) is 11.5 Å². The molecule has 1 heterocycles. The van der Waals surface area contributed by atoms with Crippen molar-refractivity contribution in [1.82, 2.24) is 4.90 Å². The van der Waals surface area contributed by atoms with E-state index in [1.54, 1.807) is 43.5 Å². The number of Topliss-reactive ketones (excluding diaryl/α,β-unsaturated/α-hetero) is 1. The Balaban J connectivity index is 1.69. The van der Waals surface area contributed by atoms with Crippen molar-refractivity contribution in [2.24, 2.45) is 0 Å². The van der Waals surface area contributed by atoms with Crippen LogP contribution in [0, 0.1) is 6.92 Å². The molecule has 39 heavy (non-hydrogen) atoms. The van der Waals surface area contributed by atoms with E-state index < -0.39 is 17.7 Å². The summed E-state index contributed by atoms with van der Waals surface area (Å²) >= 11 is 3.31.